The zero-order chi connectivity index (χ0) is 15.5. The molecule has 0 N–H and O–H groups in total. The molecule has 0 heterocycles. The monoisotopic (exact) mass is 292 g/mol. The van der Waals surface area contributed by atoms with Crippen molar-refractivity contribution in [1.29, 1.82) is 0 Å². The SMILES string of the molecule is COc1ccc2cc(-c3ccc(OC)c(C=O)c3)ccc2c1. The number of ether oxygens (including phenoxy) is 2. The summed E-state index contributed by atoms with van der Waals surface area (Å²) in [7, 11) is 3.22. The van der Waals surface area contributed by atoms with Gasteiger partial charge in [-0.1, -0.05) is 24.3 Å². The number of carbonyl (C=O) groups excluding carboxylic acids is 1. The van der Waals surface area contributed by atoms with Gasteiger partial charge in [-0.05, 0) is 52.2 Å². The molecule has 0 fully saturated rings. The van der Waals surface area contributed by atoms with Gasteiger partial charge < -0.3 is 9.47 Å². The van der Waals surface area contributed by atoms with Gasteiger partial charge in [-0.3, -0.25) is 4.79 Å². The lowest BCUT2D eigenvalue weighted by Crippen LogP contribution is -1.91. The molecular weight excluding hydrogens is 276 g/mol. The molecule has 22 heavy (non-hydrogen) atoms. The lowest BCUT2D eigenvalue weighted by atomic mass is 9.99. The minimum atomic E-state index is 0.551. The van der Waals surface area contributed by atoms with Gasteiger partial charge >= 0.3 is 0 Å². The fraction of sp³-hybridized carbons (Fsp3) is 0.105. The summed E-state index contributed by atoms with van der Waals surface area (Å²) >= 11 is 0. The first-order valence-electron chi connectivity index (χ1n) is 6.96. The van der Waals surface area contributed by atoms with Crippen molar-refractivity contribution in [3.63, 3.8) is 0 Å². The molecule has 0 aliphatic carbocycles. The molecule has 0 aromatic heterocycles. The molecule has 0 atom stereocenters. The second-order valence-corrected chi connectivity index (χ2v) is 5.00. The largest absolute Gasteiger partial charge is 0.497 e. The average molecular weight is 292 g/mol. The Morgan fingerprint density at radius 3 is 2.18 bits per heavy atom. The van der Waals surface area contributed by atoms with Crippen LogP contribution in [0.2, 0.25) is 0 Å². The number of methoxy groups -OCH3 is 2. The van der Waals surface area contributed by atoms with E-state index < -0.39 is 0 Å². The summed E-state index contributed by atoms with van der Waals surface area (Å²) in [4.78, 5) is 11.2. The van der Waals surface area contributed by atoms with Crippen LogP contribution in [0.5, 0.6) is 11.5 Å². The Labute approximate surface area is 129 Å². The van der Waals surface area contributed by atoms with Gasteiger partial charge in [0, 0.05) is 0 Å². The predicted octanol–water partition coefficient (Wildman–Crippen LogP) is 4.34. The quantitative estimate of drug-likeness (QED) is 0.671. The average Bonchev–Trinajstić information content (AvgIpc) is 2.60. The number of benzene rings is 3. The van der Waals surface area contributed by atoms with Crippen LogP contribution < -0.4 is 9.47 Å². The Morgan fingerprint density at radius 2 is 1.45 bits per heavy atom. The second-order valence-electron chi connectivity index (χ2n) is 5.00. The van der Waals surface area contributed by atoms with Gasteiger partial charge in [0.1, 0.15) is 11.5 Å². The zero-order valence-corrected chi connectivity index (χ0v) is 12.5. The van der Waals surface area contributed by atoms with Crippen LogP contribution in [0.25, 0.3) is 21.9 Å². The summed E-state index contributed by atoms with van der Waals surface area (Å²) in [6.45, 7) is 0. The van der Waals surface area contributed by atoms with Crippen LogP contribution in [0.3, 0.4) is 0 Å². The maximum absolute atomic E-state index is 11.2. The molecule has 0 amide bonds. The summed E-state index contributed by atoms with van der Waals surface area (Å²) < 4.78 is 10.4. The Balaban J connectivity index is 2.08. The third kappa shape index (κ3) is 2.53. The Morgan fingerprint density at radius 1 is 0.773 bits per heavy atom. The molecular formula is C19H16O3. The highest BCUT2D eigenvalue weighted by Gasteiger charge is 2.06. The van der Waals surface area contributed by atoms with E-state index in [1.54, 1.807) is 14.2 Å². The Kier molecular flexibility index (Phi) is 3.79. The molecule has 3 rings (SSSR count). The number of fused-ring (bicyclic) bond motifs is 1. The van der Waals surface area contributed by atoms with Crippen molar-refractivity contribution in [2.45, 2.75) is 0 Å². The molecule has 3 aromatic rings. The van der Waals surface area contributed by atoms with E-state index in [9.17, 15) is 4.79 Å². The standard InChI is InChI=1S/C19H16O3/c1-21-18-7-5-14-9-13(3-4-16(14)11-18)15-6-8-19(22-2)17(10-15)12-20/h3-12H,1-2H3. The molecule has 0 spiro atoms. The first-order valence-corrected chi connectivity index (χ1v) is 6.96. The number of hydrogen-bond donors (Lipinski definition) is 0. The smallest absolute Gasteiger partial charge is 0.153 e. The maximum Gasteiger partial charge on any atom is 0.153 e. The van der Waals surface area contributed by atoms with Gasteiger partial charge in [0.15, 0.2) is 6.29 Å². The van der Waals surface area contributed by atoms with E-state index in [2.05, 4.69) is 12.1 Å². The lowest BCUT2D eigenvalue weighted by molar-refractivity contribution is 0.112. The summed E-state index contributed by atoms with van der Waals surface area (Å²) in [5.74, 6) is 1.43. The predicted molar refractivity (Wildman–Crippen MR) is 87.9 cm³/mol. The summed E-state index contributed by atoms with van der Waals surface area (Å²) in [6, 6.07) is 17.8. The molecule has 0 aliphatic rings. The van der Waals surface area contributed by atoms with Crippen LogP contribution in [-0.2, 0) is 0 Å². The third-order valence-corrected chi connectivity index (χ3v) is 3.74. The minimum absolute atomic E-state index is 0.551. The minimum Gasteiger partial charge on any atom is -0.497 e. The molecule has 0 saturated heterocycles. The molecule has 0 saturated carbocycles. The van der Waals surface area contributed by atoms with E-state index in [0.717, 1.165) is 33.9 Å². The number of carbonyl (C=O) groups is 1. The first kappa shape index (κ1) is 14.1. The van der Waals surface area contributed by atoms with E-state index in [4.69, 9.17) is 9.47 Å². The summed E-state index contributed by atoms with van der Waals surface area (Å²) in [6.07, 6.45) is 0.814. The zero-order valence-electron chi connectivity index (χ0n) is 12.5. The topological polar surface area (TPSA) is 35.5 Å². The van der Waals surface area contributed by atoms with Crippen molar-refractivity contribution in [2.75, 3.05) is 14.2 Å². The molecule has 3 aromatic carbocycles. The molecule has 110 valence electrons. The second kappa shape index (κ2) is 5.90. The van der Waals surface area contributed by atoms with Crippen LogP contribution in [0, 0.1) is 0 Å². The van der Waals surface area contributed by atoms with Crippen molar-refractivity contribution >= 4 is 17.1 Å². The van der Waals surface area contributed by atoms with Crippen molar-refractivity contribution in [2.24, 2.45) is 0 Å². The van der Waals surface area contributed by atoms with Crippen LogP contribution in [0.4, 0.5) is 0 Å². The molecule has 3 heteroatoms. The Bertz CT molecular complexity index is 837. The molecule has 0 aliphatic heterocycles. The van der Waals surface area contributed by atoms with Gasteiger partial charge in [-0.2, -0.15) is 0 Å². The van der Waals surface area contributed by atoms with Gasteiger partial charge in [-0.25, -0.2) is 0 Å². The van der Waals surface area contributed by atoms with E-state index in [1.165, 1.54) is 0 Å². The normalized spacial score (nSPS) is 10.5. The maximum atomic E-state index is 11.2. The van der Waals surface area contributed by atoms with Crippen molar-refractivity contribution in [3.05, 3.63) is 60.2 Å². The van der Waals surface area contributed by atoms with Gasteiger partial charge in [0.25, 0.3) is 0 Å². The Hall–Kier alpha value is -2.81. The van der Waals surface area contributed by atoms with E-state index in [0.29, 0.717) is 11.3 Å². The number of rotatable bonds is 4. The highest BCUT2D eigenvalue weighted by atomic mass is 16.5. The fourth-order valence-electron chi connectivity index (χ4n) is 2.54. The van der Waals surface area contributed by atoms with Crippen LogP contribution in [0.1, 0.15) is 10.4 Å². The van der Waals surface area contributed by atoms with Crippen molar-refractivity contribution < 1.29 is 14.3 Å². The molecule has 0 unspecified atom stereocenters. The first-order chi connectivity index (χ1) is 10.7. The van der Waals surface area contributed by atoms with Gasteiger partial charge in [0.05, 0.1) is 19.8 Å². The summed E-state index contributed by atoms with van der Waals surface area (Å²) in [5, 5.41) is 2.24. The fourth-order valence-corrected chi connectivity index (χ4v) is 2.54. The van der Waals surface area contributed by atoms with Crippen LogP contribution in [0.15, 0.2) is 54.6 Å². The van der Waals surface area contributed by atoms with Crippen LogP contribution in [-0.4, -0.2) is 20.5 Å². The van der Waals surface area contributed by atoms with Crippen LogP contribution >= 0.6 is 0 Å². The molecule has 0 radical (unpaired) electrons. The number of aldehydes is 1. The highest BCUT2D eigenvalue weighted by Crippen LogP contribution is 2.29. The number of hydrogen-bond acceptors (Lipinski definition) is 3. The van der Waals surface area contributed by atoms with Gasteiger partial charge in [0.2, 0.25) is 0 Å². The van der Waals surface area contributed by atoms with Gasteiger partial charge in [-0.15, -0.1) is 0 Å². The summed E-state index contributed by atoms with van der Waals surface area (Å²) in [5.41, 5.74) is 2.60. The van der Waals surface area contributed by atoms with Crippen molar-refractivity contribution in [1.82, 2.24) is 0 Å². The van der Waals surface area contributed by atoms with Crippen molar-refractivity contribution in [3.8, 4) is 22.6 Å². The highest BCUT2D eigenvalue weighted by molar-refractivity contribution is 5.89. The van der Waals surface area contributed by atoms with E-state index >= 15 is 0 Å². The molecule has 0 bridgehead atoms. The molecule has 3 nitrogen and oxygen atoms in total. The van der Waals surface area contributed by atoms with E-state index in [1.807, 2.05) is 42.5 Å². The van der Waals surface area contributed by atoms with E-state index in [-0.39, 0.29) is 0 Å². The lowest BCUT2D eigenvalue weighted by Gasteiger charge is -2.09. The third-order valence-electron chi connectivity index (χ3n) is 3.74.